The number of benzene rings is 2. The number of imide groups is 1. The van der Waals surface area contributed by atoms with E-state index >= 15 is 0 Å². The van der Waals surface area contributed by atoms with Crippen LogP contribution in [-0.2, 0) is 4.79 Å². The van der Waals surface area contributed by atoms with Crippen molar-refractivity contribution in [1.82, 2.24) is 4.90 Å². The fraction of sp³-hybridized carbons (Fsp3) is 0.286. The first kappa shape index (κ1) is 19.2. The Morgan fingerprint density at radius 2 is 1.56 bits per heavy atom. The van der Waals surface area contributed by atoms with Crippen LogP contribution >= 0.6 is 11.8 Å². The predicted octanol–water partition coefficient (Wildman–Crippen LogP) is 3.66. The maximum absolute atomic E-state index is 12.3. The second kappa shape index (κ2) is 8.39. The number of rotatable bonds is 7. The molecule has 1 aliphatic rings. The lowest BCUT2D eigenvalue weighted by molar-refractivity contribution is -0.113. The third kappa shape index (κ3) is 4.22. The van der Waals surface area contributed by atoms with Crippen molar-refractivity contribution in [3.8, 4) is 0 Å². The Morgan fingerprint density at radius 3 is 2.15 bits per heavy atom. The molecule has 0 saturated heterocycles. The Hall–Kier alpha value is -2.60. The number of para-hydroxylation sites is 1. The lowest BCUT2D eigenvalue weighted by atomic mass is 10.1. The molecule has 5 nitrogen and oxygen atoms in total. The Labute approximate surface area is 163 Å². The molecule has 0 aliphatic carbocycles. The number of carbonyl (C=O) groups is 3. The van der Waals surface area contributed by atoms with Crippen molar-refractivity contribution in [2.45, 2.75) is 20.3 Å². The molecule has 0 radical (unpaired) electrons. The average molecular weight is 382 g/mol. The highest BCUT2D eigenvalue weighted by Crippen LogP contribution is 2.23. The van der Waals surface area contributed by atoms with Gasteiger partial charge >= 0.3 is 0 Å². The molecule has 3 rings (SSSR count). The summed E-state index contributed by atoms with van der Waals surface area (Å²) in [5.74, 6) is 0.545. The molecular weight excluding hydrogens is 360 g/mol. The van der Waals surface area contributed by atoms with Gasteiger partial charge in [-0.3, -0.25) is 19.3 Å². The van der Waals surface area contributed by atoms with Crippen LogP contribution in [0, 0.1) is 13.8 Å². The van der Waals surface area contributed by atoms with Gasteiger partial charge in [-0.25, -0.2) is 0 Å². The summed E-state index contributed by atoms with van der Waals surface area (Å²) in [4.78, 5) is 38.0. The number of anilines is 1. The van der Waals surface area contributed by atoms with Gasteiger partial charge in [-0.15, -0.1) is 0 Å². The van der Waals surface area contributed by atoms with E-state index in [-0.39, 0.29) is 17.7 Å². The largest absolute Gasteiger partial charge is 0.325 e. The van der Waals surface area contributed by atoms with E-state index < -0.39 is 0 Å². The summed E-state index contributed by atoms with van der Waals surface area (Å²) in [5, 5.41) is 2.96. The van der Waals surface area contributed by atoms with E-state index in [1.54, 1.807) is 24.3 Å². The van der Waals surface area contributed by atoms with Gasteiger partial charge in [-0.1, -0.05) is 30.3 Å². The zero-order chi connectivity index (χ0) is 19.4. The molecule has 2 aromatic rings. The Bertz CT molecular complexity index is 839. The first-order valence-electron chi connectivity index (χ1n) is 8.88. The van der Waals surface area contributed by atoms with Crippen LogP contribution in [0.2, 0.25) is 0 Å². The molecule has 140 valence electrons. The average Bonchev–Trinajstić information content (AvgIpc) is 2.89. The first-order valence-corrected chi connectivity index (χ1v) is 10.0. The molecule has 0 atom stereocenters. The molecule has 2 aromatic carbocycles. The summed E-state index contributed by atoms with van der Waals surface area (Å²) in [5.41, 5.74) is 3.90. The van der Waals surface area contributed by atoms with Crippen LogP contribution in [0.1, 0.15) is 38.3 Å². The van der Waals surface area contributed by atoms with Gasteiger partial charge in [0.1, 0.15) is 0 Å². The van der Waals surface area contributed by atoms with Crippen molar-refractivity contribution in [1.29, 1.82) is 0 Å². The molecule has 3 amide bonds. The fourth-order valence-electron chi connectivity index (χ4n) is 3.12. The van der Waals surface area contributed by atoms with Gasteiger partial charge in [-0.05, 0) is 49.3 Å². The van der Waals surface area contributed by atoms with Gasteiger partial charge in [0.25, 0.3) is 11.8 Å². The summed E-state index contributed by atoms with van der Waals surface area (Å²) in [6, 6.07) is 12.8. The molecular formula is C21H22N2O3S. The van der Waals surface area contributed by atoms with Gasteiger partial charge in [0.2, 0.25) is 5.91 Å². The molecule has 0 bridgehead atoms. The Morgan fingerprint density at radius 1 is 0.963 bits per heavy atom. The molecule has 0 aromatic heterocycles. The van der Waals surface area contributed by atoms with Crippen LogP contribution in [-0.4, -0.2) is 40.7 Å². The zero-order valence-electron chi connectivity index (χ0n) is 15.5. The van der Waals surface area contributed by atoms with Crippen molar-refractivity contribution in [3.05, 3.63) is 64.7 Å². The number of nitrogens with one attached hydrogen (secondary N) is 1. The molecule has 1 N–H and O–H groups in total. The van der Waals surface area contributed by atoms with E-state index in [1.165, 1.54) is 16.7 Å². The third-order valence-corrected chi connectivity index (χ3v) is 5.57. The minimum absolute atomic E-state index is 0.0434. The van der Waals surface area contributed by atoms with E-state index in [9.17, 15) is 14.4 Å². The topological polar surface area (TPSA) is 66.5 Å². The number of nitrogens with zero attached hydrogens (tertiary/aromatic N) is 1. The molecule has 27 heavy (non-hydrogen) atoms. The quantitative estimate of drug-likeness (QED) is 0.586. The van der Waals surface area contributed by atoms with Crippen LogP contribution in [0.25, 0.3) is 0 Å². The fourth-order valence-corrected chi connectivity index (χ4v) is 3.85. The molecule has 0 fully saturated rings. The van der Waals surface area contributed by atoms with Crippen LogP contribution in [0.5, 0.6) is 0 Å². The smallest absolute Gasteiger partial charge is 0.261 e. The van der Waals surface area contributed by atoms with Gasteiger partial charge in [0.05, 0.1) is 16.9 Å². The number of hydrogen-bond donors (Lipinski definition) is 1. The standard InChI is InChI=1S/C21H22N2O3S/c1-14-7-5-8-15(2)19(14)22-18(24)13-27-12-6-11-23-20(25)16-9-3-4-10-17(16)21(23)26/h3-5,7-10H,6,11-13H2,1-2H3,(H,22,24). The van der Waals surface area contributed by atoms with Crippen molar-refractivity contribution in [2.75, 3.05) is 23.4 Å². The highest BCUT2D eigenvalue weighted by Gasteiger charge is 2.34. The van der Waals surface area contributed by atoms with E-state index in [0.29, 0.717) is 35.6 Å². The summed E-state index contributed by atoms with van der Waals surface area (Å²) in [7, 11) is 0. The van der Waals surface area contributed by atoms with Crippen molar-refractivity contribution in [3.63, 3.8) is 0 Å². The van der Waals surface area contributed by atoms with Crippen LogP contribution in [0.4, 0.5) is 5.69 Å². The Kier molecular flexibility index (Phi) is 5.96. The monoisotopic (exact) mass is 382 g/mol. The number of aryl methyl sites for hydroxylation is 2. The predicted molar refractivity (Wildman–Crippen MR) is 108 cm³/mol. The van der Waals surface area contributed by atoms with Crippen LogP contribution in [0.3, 0.4) is 0 Å². The minimum atomic E-state index is -0.228. The van der Waals surface area contributed by atoms with E-state index in [4.69, 9.17) is 0 Å². The number of amides is 3. The molecule has 0 saturated carbocycles. The summed E-state index contributed by atoms with van der Waals surface area (Å²) in [6.45, 7) is 4.31. The number of fused-ring (bicyclic) bond motifs is 1. The van der Waals surface area contributed by atoms with Crippen molar-refractivity contribution >= 4 is 35.2 Å². The van der Waals surface area contributed by atoms with E-state index in [2.05, 4.69) is 5.32 Å². The Balaban J connectivity index is 1.42. The maximum atomic E-state index is 12.3. The highest BCUT2D eigenvalue weighted by molar-refractivity contribution is 7.99. The molecule has 0 unspecified atom stereocenters. The first-order chi connectivity index (χ1) is 13.0. The van der Waals surface area contributed by atoms with E-state index in [0.717, 1.165) is 16.8 Å². The summed E-state index contributed by atoms with van der Waals surface area (Å²) >= 11 is 1.50. The summed E-state index contributed by atoms with van der Waals surface area (Å²) < 4.78 is 0. The lowest BCUT2D eigenvalue weighted by Gasteiger charge is -2.13. The number of hydrogen-bond acceptors (Lipinski definition) is 4. The van der Waals surface area contributed by atoms with E-state index in [1.807, 2.05) is 32.0 Å². The second-order valence-electron chi connectivity index (χ2n) is 6.53. The third-order valence-electron chi connectivity index (χ3n) is 4.53. The van der Waals surface area contributed by atoms with Crippen LogP contribution < -0.4 is 5.32 Å². The maximum Gasteiger partial charge on any atom is 0.261 e. The van der Waals surface area contributed by atoms with Gasteiger partial charge in [0.15, 0.2) is 0 Å². The lowest BCUT2D eigenvalue weighted by Crippen LogP contribution is -2.31. The molecule has 0 spiro atoms. The second-order valence-corrected chi connectivity index (χ2v) is 7.63. The van der Waals surface area contributed by atoms with Gasteiger partial charge in [0, 0.05) is 12.2 Å². The normalized spacial score (nSPS) is 13.0. The highest BCUT2D eigenvalue weighted by atomic mass is 32.2. The molecule has 6 heteroatoms. The summed E-state index contributed by atoms with van der Waals surface area (Å²) in [6.07, 6.45) is 0.660. The van der Waals surface area contributed by atoms with Crippen molar-refractivity contribution < 1.29 is 14.4 Å². The molecule has 1 aliphatic heterocycles. The number of carbonyl (C=O) groups excluding carboxylic acids is 3. The van der Waals surface area contributed by atoms with Crippen molar-refractivity contribution in [2.24, 2.45) is 0 Å². The van der Waals surface area contributed by atoms with Gasteiger partial charge < -0.3 is 5.32 Å². The molecule has 1 heterocycles. The number of thioether (sulfide) groups is 1. The SMILES string of the molecule is Cc1cccc(C)c1NC(=O)CSCCCN1C(=O)c2ccccc2C1=O. The van der Waals surface area contributed by atoms with Gasteiger partial charge in [-0.2, -0.15) is 11.8 Å². The van der Waals surface area contributed by atoms with Crippen LogP contribution in [0.15, 0.2) is 42.5 Å². The zero-order valence-corrected chi connectivity index (χ0v) is 16.3. The minimum Gasteiger partial charge on any atom is -0.325 e.